The molecule has 176 valence electrons. The van der Waals surface area contributed by atoms with Gasteiger partial charge in [0, 0.05) is 6.54 Å². The monoisotopic (exact) mass is 462 g/mol. The first-order valence-electron chi connectivity index (χ1n) is 10.7. The molecule has 8 heteroatoms. The lowest BCUT2D eigenvalue weighted by atomic mass is 9.96. The van der Waals surface area contributed by atoms with E-state index < -0.39 is 17.2 Å². The van der Waals surface area contributed by atoms with E-state index in [0.29, 0.717) is 30.3 Å². The van der Waals surface area contributed by atoms with Crippen molar-refractivity contribution in [3.63, 3.8) is 0 Å². The minimum atomic E-state index is -0.660. The third-order valence-corrected chi connectivity index (χ3v) is 5.53. The van der Waals surface area contributed by atoms with Crippen molar-refractivity contribution in [1.29, 1.82) is 5.26 Å². The van der Waals surface area contributed by atoms with Gasteiger partial charge in [0.1, 0.15) is 17.4 Å². The Morgan fingerprint density at radius 2 is 1.79 bits per heavy atom. The number of rotatable bonds is 9. The van der Waals surface area contributed by atoms with Crippen LogP contribution in [0.4, 0.5) is 0 Å². The van der Waals surface area contributed by atoms with E-state index in [1.807, 2.05) is 12.1 Å². The Morgan fingerprint density at radius 1 is 1.09 bits per heavy atom. The number of nitriles is 1. The van der Waals surface area contributed by atoms with E-state index in [1.165, 1.54) is 21.1 Å². The number of methoxy groups -OCH3 is 2. The summed E-state index contributed by atoms with van der Waals surface area (Å²) in [4.78, 5) is 26.4. The predicted octanol–water partition coefficient (Wildman–Crippen LogP) is 3.62. The summed E-state index contributed by atoms with van der Waals surface area (Å²) in [6.45, 7) is 3.67. The molecule has 0 saturated heterocycles. The summed E-state index contributed by atoms with van der Waals surface area (Å²) in [6.07, 6.45) is 0.338. The third-order valence-electron chi connectivity index (χ3n) is 5.53. The highest BCUT2D eigenvalue weighted by Crippen LogP contribution is 2.30. The van der Waals surface area contributed by atoms with Crippen LogP contribution in [0.15, 0.2) is 47.3 Å². The van der Waals surface area contributed by atoms with E-state index in [2.05, 4.69) is 0 Å². The number of carbonyl (C=O) groups excluding carboxylic acids is 1. The van der Waals surface area contributed by atoms with Crippen LogP contribution in [0.3, 0.4) is 0 Å². The molecule has 0 aliphatic heterocycles. The van der Waals surface area contributed by atoms with E-state index >= 15 is 0 Å². The van der Waals surface area contributed by atoms with Crippen molar-refractivity contribution in [2.75, 3.05) is 20.8 Å². The topological polar surface area (TPSA) is 111 Å². The zero-order valence-electron chi connectivity index (χ0n) is 19.5. The molecule has 0 radical (unpaired) electrons. The van der Waals surface area contributed by atoms with Crippen molar-refractivity contribution in [2.24, 2.45) is 0 Å². The van der Waals surface area contributed by atoms with Gasteiger partial charge in [0.2, 0.25) is 11.7 Å². The molecule has 3 aromatic rings. The minimum absolute atomic E-state index is 0.0441. The van der Waals surface area contributed by atoms with Crippen molar-refractivity contribution in [3.05, 3.63) is 80.6 Å². The fourth-order valence-electron chi connectivity index (χ4n) is 3.78. The second-order valence-corrected chi connectivity index (χ2v) is 7.46. The smallest absolute Gasteiger partial charge is 0.271 e. The normalized spacial score (nSPS) is 10.4. The summed E-state index contributed by atoms with van der Waals surface area (Å²) in [7, 11) is 3.06. The number of ether oxygens (including phenoxy) is 3. The number of hydrogen-bond acceptors (Lipinski definition) is 7. The summed E-state index contributed by atoms with van der Waals surface area (Å²) < 4.78 is 17.2. The number of pyridine rings is 1. The first-order chi connectivity index (χ1) is 16.4. The predicted molar refractivity (Wildman–Crippen MR) is 126 cm³/mol. The molecule has 0 spiro atoms. The fourth-order valence-corrected chi connectivity index (χ4v) is 3.78. The zero-order valence-corrected chi connectivity index (χ0v) is 19.5. The quantitative estimate of drug-likeness (QED) is 0.484. The standard InChI is InChI=1S/C26H26N2O6/c1-5-34-20-9-7-6-8-18(20)24(29)23-16(2)19(15-27)25(30)28(26(23)31)13-12-17-10-11-21(32-3)22(14-17)33-4/h6-11,14,31H,5,12-13H2,1-4H3. The largest absolute Gasteiger partial charge is 0.494 e. The highest BCUT2D eigenvalue weighted by Gasteiger charge is 2.26. The van der Waals surface area contributed by atoms with Crippen LogP contribution < -0.4 is 19.8 Å². The molecule has 0 aliphatic rings. The van der Waals surface area contributed by atoms with Gasteiger partial charge in [-0.25, -0.2) is 0 Å². The van der Waals surface area contributed by atoms with Crippen LogP contribution in [0.1, 0.15) is 39.5 Å². The number of hydrogen-bond donors (Lipinski definition) is 1. The number of aryl methyl sites for hydroxylation is 1. The number of ketones is 1. The molecule has 0 fully saturated rings. The molecule has 34 heavy (non-hydrogen) atoms. The molecule has 3 rings (SSSR count). The van der Waals surface area contributed by atoms with Crippen LogP contribution in [-0.2, 0) is 13.0 Å². The van der Waals surface area contributed by atoms with E-state index in [9.17, 15) is 20.0 Å². The lowest BCUT2D eigenvalue weighted by Crippen LogP contribution is -2.27. The summed E-state index contributed by atoms with van der Waals surface area (Å²) in [5.74, 6) is 0.430. The fraction of sp³-hybridized carbons (Fsp3) is 0.269. The Hall–Kier alpha value is -4.25. The molecule has 1 heterocycles. The maximum absolute atomic E-state index is 13.4. The average Bonchev–Trinajstić information content (AvgIpc) is 2.84. The van der Waals surface area contributed by atoms with Gasteiger partial charge in [-0.3, -0.25) is 14.2 Å². The van der Waals surface area contributed by atoms with Crippen LogP contribution in [0.5, 0.6) is 23.1 Å². The van der Waals surface area contributed by atoms with Crippen molar-refractivity contribution in [2.45, 2.75) is 26.8 Å². The first kappa shape index (κ1) is 24.4. The highest BCUT2D eigenvalue weighted by atomic mass is 16.5. The molecule has 0 amide bonds. The Bertz CT molecular complexity index is 1320. The summed E-state index contributed by atoms with van der Waals surface area (Å²) in [5, 5.41) is 20.7. The van der Waals surface area contributed by atoms with Gasteiger partial charge in [-0.15, -0.1) is 0 Å². The molecule has 0 unspecified atom stereocenters. The SMILES string of the molecule is CCOc1ccccc1C(=O)c1c(C)c(C#N)c(=O)n(CCc2ccc(OC)c(OC)c2)c1O. The third kappa shape index (κ3) is 4.59. The van der Waals surface area contributed by atoms with Crippen LogP contribution >= 0.6 is 0 Å². The maximum atomic E-state index is 13.4. The lowest BCUT2D eigenvalue weighted by molar-refractivity contribution is 0.103. The van der Waals surface area contributed by atoms with Gasteiger partial charge >= 0.3 is 0 Å². The summed E-state index contributed by atoms with van der Waals surface area (Å²) in [6, 6.07) is 13.9. The number of aromatic hydroxyl groups is 1. The Labute approximate surface area is 197 Å². The second kappa shape index (κ2) is 10.6. The van der Waals surface area contributed by atoms with Crippen LogP contribution in [0.2, 0.25) is 0 Å². The van der Waals surface area contributed by atoms with Gasteiger partial charge in [-0.1, -0.05) is 18.2 Å². The van der Waals surface area contributed by atoms with E-state index in [-0.39, 0.29) is 28.8 Å². The van der Waals surface area contributed by atoms with Crippen molar-refractivity contribution in [1.82, 2.24) is 4.57 Å². The number of para-hydroxylation sites is 1. The molecule has 8 nitrogen and oxygen atoms in total. The molecule has 0 aliphatic carbocycles. The first-order valence-corrected chi connectivity index (χ1v) is 10.7. The van der Waals surface area contributed by atoms with Crippen LogP contribution in [0, 0.1) is 18.3 Å². The van der Waals surface area contributed by atoms with Crippen LogP contribution in [-0.4, -0.2) is 36.3 Å². The van der Waals surface area contributed by atoms with E-state index in [4.69, 9.17) is 14.2 Å². The van der Waals surface area contributed by atoms with Gasteiger partial charge in [-0.05, 0) is 55.7 Å². The molecule has 0 bridgehead atoms. The van der Waals surface area contributed by atoms with Crippen molar-refractivity contribution >= 4 is 5.78 Å². The minimum Gasteiger partial charge on any atom is -0.494 e. The Balaban J connectivity index is 2.07. The number of aromatic nitrogens is 1. The number of nitrogens with zero attached hydrogens (tertiary/aromatic N) is 2. The molecule has 1 aromatic heterocycles. The average molecular weight is 463 g/mol. The molecule has 0 saturated carbocycles. The van der Waals surface area contributed by atoms with Gasteiger partial charge in [0.25, 0.3) is 5.56 Å². The zero-order chi connectivity index (χ0) is 24.8. The van der Waals surface area contributed by atoms with Gasteiger partial charge in [-0.2, -0.15) is 5.26 Å². The molecule has 1 N–H and O–H groups in total. The Morgan fingerprint density at radius 3 is 2.44 bits per heavy atom. The number of carbonyl (C=O) groups is 1. The molecular weight excluding hydrogens is 436 g/mol. The van der Waals surface area contributed by atoms with E-state index in [0.717, 1.165) is 10.1 Å². The van der Waals surface area contributed by atoms with Crippen LogP contribution in [0.25, 0.3) is 0 Å². The molecule has 0 atom stereocenters. The highest BCUT2D eigenvalue weighted by molar-refractivity contribution is 6.13. The van der Waals surface area contributed by atoms with Crippen molar-refractivity contribution < 1.29 is 24.1 Å². The second-order valence-electron chi connectivity index (χ2n) is 7.46. The number of benzene rings is 2. The van der Waals surface area contributed by atoms with E-state index in [1.54, 1.807) is 43.3 Å². The summed E-state index contributed by atoms with van der Waals surface area (Å²) >= 11 is 0. The van der Waals surface area contributed by atoms with Crippen molar-refractivity contribution in [3.8, 4) is 29.2 Å². The summed E-state index contributed by atoms with van der Waals surface area (Å²) in [5.41, 5.74) is 0.226. The Kier molecular flexibility index (Phi) is 7.59. The van der Waals surface area contributed by atoms with Gasteiger partial charge < -0.3 is 19.3 Å². The lowest BCUT2D eigenvalue weighted by Gasteiger charge is -2.17. The molecule has 2 aromatic carbocycles. The maximum Gasteiger partial charge on any atom is 0.271 e. The molecular formula is C26H26N2O6. The van der Waals surface area contributed by atoms with Gasteiger partial charge in [0.05, 0.1) is 32.0 Å². The van der Waals surface area contributed by atoms with Gasteiger partial charge in [0.15, 0.2) is 11.5 Å².